The van der Waals surface area contributed by atoms with Gasteiger partial charge in [0, 0.05) is 16.1 Å². The van der Waals surface area contributed by atoms with Crippen molar-refractivity contribution in [2.75, 3.05) is 0 Å². The van der Waals surface area contributed by atoms with Gasteiger partial charge >= 0.3 is 0 Å². The summed E-state index contributed by atoms with van der Waals surface area (Å²) in [4.78, 5) is 13.9. The largest absolute Gasteiger partial charge is 0.298 e. The molecular weight excluding hydrogens is 264 g/mol. The molecule has 0 radical (unpaired) electrons. The Labute approximate surface area is 125 Å². The summed E-state index contributed by atoms with van der Waals surface area (Å²) in [5, 5.41) is 0.385. The second kappa shape index (κ2) is 5.07. The Morgan fingerprint density at radius 1 is 1.35 bits per heavy atom. The summed E-state index contributed by atoms with van der Waals surface area (Å²) in [6.45, 7) is 8.47. The SMILES string of the molecule is C=CC12CCC(C(C)C)C(C1=O)C2Sc1ccccc1. The van der Waals surface area contributed by atoms with E-state index >= 15 is 0 Å². The number of carbonyl (C=O) groups is 1. The predicted octanol–water partition coefficient (Wildman–Crippen LogP) is 4.58. The Kier molecular flexibility index (Phi) is 3.53. The second-order valence-corrected chi connectivity index (χ2v) is 7.65. The van der Waals surface area contributed by atoms with E-state index < -0.39 is 0 Å². The maximum absolute atomic E-state index is 12.6. The molecule has 2 aliphatic rings. The first-order chi connectivity index (χ1) is 9.60. The molecule has 2 saturated carbocycles. The van der Waals surface area contributed by atoms with E-state index in [2.05, 4.69) is 44.7 Å². The van der Waals surface area contributed by atoms with Crippen molar-refractivity contribution >= 4 is 17.5 Å². The van der Waals surface area contributed by atoms with Crippen molar-refractivity contribution in [2.24, 2.45) is 23.2 Å². The Balaban J connectivity index is 1.88. The maximum atomic E-state index is 12.6. The molecule has 2 bridgehead atoms. The number of hydrogen-bond acceptors (Lipinski definition) is 2. The lowest BCUT2D eigenvalue weighted by atomic mass is 9.47. The third kappa shape index (κ3) is 1.88. The molecule has 1 aromatic rings. The van der Waals surface area contributed by atoms with E-state index in [4.69, 9.17) is 0 Å². The van der Waals surface area contributed by atoms with Gasteiger partial charge in [-0.05, 0) is 36.8 Å². The van der Waals surface area contributed by atoms with Gasteiger partial charge in [0.15, 0.2) is 0 Å². The van der Waals surface area contributed by atoms with Gasteiger partial charge in [-0.1, -0.05) is 38.1 Å². The van der Waals surface area contributed by atoms with Crippen LogP contribution in [-0.2, 0) is 4.79 Å². The molecule has 0 aliphatic heterocycles. The molecule has 0 heterocycles. The lowest BCUT2D eigenvalue weighted by Gasteiger charge is -2.59. The van der Waals surface area contributed by atoms with Crippen molar-refractivity contribution in [3.8, 4) is 0 Å². The first-order valence-electron chi connectivity index (χ1n) is 7.50. The number of allylic oxidation sites excluding steroid dienone is 1. The normalized spacial score (nSPS) is 35.8. The smallest absolute Gasteiger partial charge is 0.148 e. The highest BCUT2D eigenvalue weighted by molar-refractivity contribution is 8.00. The monoisotopic (exact) mass is 286 g/mol. The van der Waals surface area contributed by atoms with Crippen LogP contribution < -0.4 is 0 Å². The summed E-state index contributed by atoms with van der Waals surface area (Å²) in [5.41, 5.74) is -0.253. The highest BCUT2D eigenvalue weighted by atomic mass is 32.2. The number of thioether (sulfide) groups is 1. The Bertz CT molecular complexity index is 521. The molecule has 20 heavy (non-hydrogen) atoms. The van der Waals surface area contributed by atoms with Gasteiger partial charge in [0.2, 0.25) is 0 Å². The summed E-state index contributed by atoms with van der Waals surface area (Å²) in [6.07, 6.45) is 4.09. The van der Waals surface area contributed by atoms with Gasteiger partial charge in [0.25, 0.3) is 0 Å². The van der Waals surface area contributed by atoms with Crippen LogP contribution in [0.15, 0.2) is 47.9 Å². The Morgan fingerprint density at radius 3 is 2.60 bits per heavy atom. The number of carbonyl (C=O) groups excluding carboxylic acids is 1. The van der Waals surface area contributed by atoms with E-state index in [1.165, 1.54) is 11.3 Å². The van der Waals surface area contributed by atoms with Crippen LogP contribution in [0.3, 0.4) is 0 Å². The van der Waals surface area contributed by atoms with Gasteiger partial charge in [0.05, 0.1) is 5.41 Å². The van der Waals surface area contributed by atoms with Crippen LogP contribution >= 0.6 is 11.8 Å². The zero-order valence-corrected chi connectivity index (χ0v) is 13.0. The van der Waals surface area contributed by atoms with E-state index in [1.807, 2.05) is 23.9 Å². The van der Waals surface area contributed by atoms with E-state index in [1.54, 1.807) is 0 Å². The minimum absolute atomic E-state index is 0.229. The van der Waals surface area contributed by atoms with Crippen molar-refractivity contribution in [3.05, 3.63) is 43.0 Å². The molecule has 4 unspecified atom stereocenters. The average Bonchev–Trinajstić information content (AvgIpc) is 2.48. The van der Waals surface area contributed by atoms with Gasteiger partial charge in [-0.15, -0.1) is 18.3 Å². The van der Waals surface area contributed by atoms with Crippen LogP contribution in [0.4, 0.5) is 0 Å². The number of ketones is 1. The molecule has 0 N–H and O–H groups in total. The molecule has 0 saturated heterocycles. The van der Waals surface area contributed by atoms with Crippen molar-refractivity contribution in [1.29, 1.82) is 0 Å². The minimum Gasteiger partial charge on any atom is -0.298 e. The molecular formula is C18H22OS. The van der Waals surface area contributed by atoms with Gasteiger partial charge in [-0.3, -0.25) is 4.79 Å². The zero-order chi connectivity index (χ0) is 14.3. The molecule has 1 aromatic carbocycles. The van der Waals surface area contributed by atoms with Crippen LogP contribution in [0.5, 0.6) is 0 Å². The van der Waals surface area contributed by atoms with Crippen LogP contribution in [-0.4, -0.2) is 11.0 Å². The number of Topliss-reactive ketones (excluding diaryl/α,β-unsaturated/α-hetero) is 1. The number of benzene rings is 1. The van der Waals surface area contributed by atoms with Gasteiger partial charge in [0.1, 0.15) is 5.78 Å². The van der Waals surface area contributed by atoms with Crippen LogP contribution in [0.2, 0.25) is 0 Å². The van der Waals surface area contributed by atoms with E-state index in [0.29, 0.717) is 22.9 Å². The fourth-order valence-electron chi connectivity index (χ4n) is 3.97. The first kappa shape index (κ1) is 13.9. The molecule has 2 heteroatoms. The molecule has 4 atom stereocenters. The third-order valence-corrected chi connectivity index (χ3v) is 6.69. The number of rotatable bonds is 4. The van der Waals surface area contributed by atoms with Gasteiger partial charge in [-0.2, -0.15) is 0 Å². The third-order valence-electron chi connectivity index (χ3n) is 5.17. The highest BCUT2D eigenvalue weighted by Crippen LogP contribution is 2.62. The first-order valence-corrected chi connectivity index (χ1v) is 8.38. The molecule has 106 valence electrons. The van der Waals surface area contributed by atoms with Gasteiger partial charge in [-0.25, -0.2) is 0 Å². The van der Waals surface area contributed by atoms with Gasteiger partial charge < -0.3 is 0 Å². The Morgan fingerprint density at radius 2 is 2.05 bits per heavy atom. The molecule has 0 amide bonds. The maximum Gasteiger partial charge on any atom is 0.148 e. The summed E-state index contributed by atoms with van der Waals surface area (Å²) >= 11 is 1.88. The van der Waals surface area contributed by atoms with E-state index in [-0.39, 0.29) is 11.3 Å². The standard InChI is InChI=1S/C18H22OS/c1-4-18-11-10-14(12(2)3)15(16(18)19)17(18)20-13-8-6-5-7-9-13/h4-9,12,14-15,17H,1,10-11H2,2-3H3. The summed E-state index contributed by atoms with van der Waals surface area (Å²) < 4.78 is 0. The predicted molar refractivity (Wildman–Crippen MR) is 84.8 cm³/mol. The highest BCUT2D eigenvalue weighted by Gasteiger charge is 2.65. The van der Waals surface area contributed by atoms with Crippen LogP contribution in [0.25, 0.3) is 0 Å². The molecule has 2 fully saturated rings. The fraction of sp³-hybridized carbons (Fsp3) is 0.500. The summed E-state index contributed by atoms with van der Waals surface area (Å²) in [5.74, 6) is 1.81. The molecule has 2 aliphatic carbocycles. The molecule has 3 rings (SSSR count). The van der Waals surface area contributed by atoms with Crippen molar-refractivity contribution < 1.29 is 4.79 Å². The van der Waals surface area contributed by atoms with E-state index in [9.17, 15) is 4.79 Å². The Hall–Kier alpha value is -1.02. The summed E-state index contributed by atoms with van der Waals surface area (Å²) in [7, 11) is 0. The fourth-order valence-corrected chi connectivity index (χ4v) is 5.59. The zero-order valence-electron chi connectivity index (χ0n) is 12.2. The lowest BCUT2D eigenvalue weighted by molar-refractivity contribution is -0.152. The average molecular weight is 286 g/mol. The second-order valence-electron chi connectivity index (χ2n) is 6.43. The topological polar surface area (TPSA) is 17.1 Å². The molecule has 0 spiro atoms. The quantitative estimate of drug-likeness (QED) is 0.753. The van der Waals surface area contributed by atoms with Crippen molar-refractivity contribution in [3.63, 3.8) is 0 Å². The van der Waals surface area contributed by atoms with Crippen LogP contribution in [0.1, 0.15) is 26.7 Å². The van der Waals surface area contributed by atoms with Crippen LogP contribution in [0, 0.1) is 23.2 Å². The number of fused-ring (bicyclic) bond motifs is 2. The lowest BCUT2D eigenvalue weighted by Crippen LogP contribution is -2.65. The minimum atomic E-state index is -0.253. The molecule has 0 aromatic heterocycles. The van der Waals surface area contributed by atoms with Crippen molar-refractivity contribution in [2.45, 2.75) is 36.8 Å². The number of hydrogen-bond donors (Lipinski definition) is 0. The van der Waals surface area contributed by atoms with Crippen molar-refractivity contribution in [1.82, 2.24) is 0 Å². The van der Waals surface area contributed by atoms with E-state index in [0.717, 1.165) is 6.42 Å². The molecule has 1 nitrogen and oxygen atoms in total. The summed E-state index contributed by atoms with van der Waals surface area (Å²) in [6, 6.07) is 10.5.